The quantitative estimate of drug-likeness (QED) is 0.423. The second-order valence-corrected chi connectivity index (χ2v) is 15.3. The number of carbonyl (C=O) groups is 1. The van der Waals surface area contributed by atoms with E-state index in [4.69, 9.17) is 11.6 Å². The minimum Gasteiger partial charge on any atom is -0.393 e. The Labute approximate surface area is 229 Å². The molecule has 4 heteroatoms. The lowest BCUT2D eigenvalue weighted by Gasteiger charge is -2.69. The highest BCUT2D eigenvalue weighted by Gasteiger charge is 2.66. The number of halogens is 1. The van der Waals surface area contributed by atoms with Crippen molar-refractivity contribution in [2.45, 2.75) is 111 Å². The van der Waals surface area contributed by atoms with Crippen molar-refractivity contribution in [3.63, 3.8) is 0 Å². The van der Waals surface area contributed by atoms with E-state index in [0.717, 1.165) is 41.7 Å². The van der Waals surface area contributed by atoms with Gasteiger partial charge in [0.2, 0.25) is 5.91 Å². The highest BCUT2D eigenvalue weighted by atomic mass is 35.5. The molecule has 9 atom stereocenters. The molecule has 0 bridgehead atoms. The van der Waals surface area contributed by atoms with E-state index in [1.54, 1.807) is 0 Å². The van der Waals surface area contributed by atoms with Gasteiger partial charge in [-0.1, -0.05) is 57.8 Å². The predicted molar refractivity (Wildman–Crippen MR) is 150 cm³/mol. The zero-order chi connectivity index (χ0) is 26.2. The van der Waals surface area contributed by atoms with Crippen LogP contribution in [0.15, 0.2) is 24.3 Å². The number of aliphatic hydroxyl groups is 1. The van der Waals surface area contributed by atoms with Gasteiger partial charge in [-0.05, 0) is 128 Å². The molecule has 5 aliphatic carbocycles. The molecule has 0 aliphatic heterocycles. The summed E-state index contributed by atoms with van der Waals surface area (Å²) in [5.74, 6) is 3.67. The van der Waals surface area contributed by atoms with E-state index in [9.17, 15) is 9.90 Å². The Morgan fingerprint density at radius 1 is 0.865 bits per heavy atom. The summed E-state index contributed by atoms with van der Waals surface area (Å²) in [6.45, 7) is 10.5. The molecular formula is C33H48ClNO2. The standard InChI is InChI=1S/C33H48ClNO2/c1-30(2)26-14-17-31(3)24-13-19-33(29(37)35-20-21-7-9-22(34)10-8-21)16-5-6-25(33)23(24)11-12-27(31)32(26,4)18-15-28(30)36/h7-10,23-28,36H,5-6,11-20H2,1-4H3,(H,35,37). The summed E-state index contributed by atoms with van der Waals surface area (Å²) in [4.78, 5) is 13.9. The van der Waals surface area contributed by atoms with Gasteiger partial charge in [0.05, 0.1) is 11.5 Å². The maximum Gasteiger partial charge on any atom is 0.226 e. The van der Waals surface area contributed by atoms with Crippen LogP contribution >= 0.6 is 11.6 Å². The summed E-state index contributed by atoms with van der Waals surface area (Å²) in [5.41, 5.74) is 1.69. The van der Waals surface area contributed by atoms with Crippen molar-refractivity contribution in [2.75, 3.05) is 0 Å². The Hall–Kier alpha value is -1.06. The van der Waals surface area contributed by atoms with Gasteiger partial charge in [0.25, 0.3) is 0 Å². The summed E-state index contributed by atoms with van der Waals surface area (Å²) in [6.07, 6.45) is 12.9. The Kier molecular flexibility index (Phi) is 6.35. The van der Waals surface area contributed by atoms with Crippen molar-refractivity contribution in [1.82, 2.24) is 5.32 Å². The number of fused-ring (bicyclic) bond motifs is 7. The number of aliphatic hydroxyl groups excluding tert-OH is 1. The monoisotopic (exact) mass is 525 g/mol. The number of nitrogens with one attached hydrogen (secondary N) is 1. The molecule has 0 radical (unpaired) electrons. The third-order valence-corrected chi connectivity index (χ3v) is 13.6. The van der Waals surface area contributed by atoms with E-state index in [-0.39, 0.29) is 16.9 Å². The maximum atomic E-state index is 13.9. The lowest BCUT2D eigenvalue weighted by Crippen LogP contribution is -2.63. The first-order valence-corrected chi connectivity index (χ1v) is 15.6. The lowest BCUT2D eigenvalue weighted by molar-refractivity contribution is -0.214. The maximum absolute atomic E-state index is 13.9. The molecule has 1 aromatic rings. The van der Waals surface area contributed by atoms with Gasteiger partial charge in [0.15, 0.2) is 0 Å². The molecule has 204 valence electrons. The van der Waals surface area contributed by atoms with Crippen LogP contribution in [0, 0.1) is 51.2 Å². The first-order valence-electron chi connectivity index (χ1n) is 15.2. The van der Waals surface area contributed by atoms with Crippen LogP contribution in [-0.4, -0.2) is 17.1 Å². The largest absolute Gasteiger partial charge is 0.393 e. The first-order chi connectivity index (χ1) is 17.5. The Morgan fingerprint density at radius 2 is 1.59 bits per heavy atom. The third-order valence-electron chi connectivity index (χ3n) is 13.3. The summed E-state index contributed by atoms with van der Waals surface area (Å²) >= 11 is 6.06. The van der Waals surface area contributed by atoms with Gasteiger partial charge < -0.3 is 10.4 Å². The van der Waals surface area contributed by atoms with Crippen molar-refractivity contribution >= 4 is 17.5 Å². The van der Waals surface area contributed by atoms with Crippen molar-refractivity contribution in [3.05, 3.63) is 34.9 Å². The predicted octanol–water partition coefficient (Wildman–Crippen LogP) is 7.78. The molecule has 37 heavy (non-hydrogen) atoms. The summed E-state index contributed by atoms with van der Waals surface area (Å²) in [6, 6.07) is 7.86. The van der Waals surface area contributed by atoms with Crippen LogP contribution in [-0.2, 0) is 11.3 Å². The number of carbonyl (C=O) groups excluding carboxylic acids is 1. The molecule has 0 heterocycles. The normalized spacial score (nSPS) is 46.2. The molecule has 1 amide bonds. The number of hydrogen-bond donors (Lipinski definition) is 2. The van der Waals surface area contributed by atoms with E-state index >= 15 is 0 Å². The zero-order valence-electron chi connectivity index (χ0n) is 23.5. The van der Waals surface area contributed by atoms with E-state index in [2.05, 4.69) is 33.0 Å². The molecule has 5 aliphatic rings. The number of benzene rings is 1. The first kappa shape index (κ1) is 26.2. The highest BCUT2D eigenvalue weighted by molar-refractivity contribution is 6.30. The Bertz CT molecular complexity index is 1040. The molecule has 0 spiro atoms. The SMILES string of the molecule is CC1(C)C(O)CCC2(C)C1CCC1(C)C3CCC4(C(=O)NCc5ccc(Cl)cc5)CCCC4C3CCC12. The fourth-order valence-corrected chi connectivity index (χ4v) is 11.7. The number of hydrogen-bond acceptors (Lipinski definition) is 2. The van der Waals surface area contributed by atoms with E-state index in [0.29, 0.717) is 41.0 Å². The smallest absolute Gasteiger partial charge is 0.226 e. The minimum absolute atomic E-state index is 0.0144. The van der Waals surface area contributed by atoms with Crippen molar-refractivity contribution < 1.29 is 9.90 Å². The minimum atomic E-state index is -0.161. The second kappa shape index (κ2) is 8.98. The molecule has 9 unspecified atom stereocenters. The van der Waals surface area contributed by atoms with Crippen LogP contribution in [0.4, 0.5) is 0 Å². The molecule has 1 aromatic carbocycles. The summed E-state index contributed by atoms with van der Waals surface area (Å²) in [7, 11) is 0. The van der Waals surface area contributed by atoms with Crippen LogP contribution in [0.25, 0.3) is 0 Å². The topological polar surface area (TPSA) is 49.3 Å². The molecule has 3 nitrogen and oxygen atoms in total. The van der Waals surface area contributed by atoms with Gasteiger partial charge in [0.1, 0.15) is 0 Å². The van der Waals surface area contributed by atoms with E-state index in [1.807, 2.05) is 24.3 Å². The molecule has 5 saturated carbocycles. The second-order valence-electron chi connectivity index (χ2n) is 14.9. The Balaban J connectivity index is 1.22. The molecule has 0 saturated heterocycles. The molecular weight excluding hydrogens is 478 g/mol. The average molecular weight is 526 g/mol. The summed E-state index contributed by atoms with van der Waals surface area (Å²) < 4.78 is 0. The van der Waals surface area contributed by atoms with Crippen LogP contribution in [0.2, 0.25) is 5.02 Å². The number of rotatable bonds is 3. The van der Waals surface area contributed by atoms with Crippen LogP contribution in [0.1, 0.15) is 104 Å². The lowest BCUT2D eigenvalue weighted by atomic mass is 9.36. The van der Waals surface area contributed by atoms with Crippen LogP contribution < -0.4 is 5.32 Å². The van der Waals surface area contributed by atoms with Gasteiger partial charge in [-0.25, -0.2) is 0 Å². The molecule has 2 N–H and O–H groups in total. The van der Waals surface area contributed by atoms with E-state index < -0.39 is 0 Å². The van der Waals surface area contributed by atoms with Gasteiger partial charge in [-0.3, -0.25) is 4.79 Å². The van der Waals surface area contributed by atoms with E-state index in [1.165, 1.54) is 51.4 Å². The van der Waals surface area contributed by atoms with Crippen molar-refractivity contribution in [2.24, 2.45) is 51.2 Å². The molecule has 6 rings (SSSR count). The van der Waals surface area contributed by atoms with Crippen LogP contribution in [0.5, 0.6) is 0 Å². The third kappa shape index (κ3) is 3.80. The van der Waals surface area contributed by atoms with Gasteiger partial charge in [-0.15, -0.1) is 0 Å². The van der Waals surface area contributed by atoms with Gasteiger partial charge in [-0.2, -0.15) is 0 Å². The Morgan fingerprint density at radius 3 is 2.35 bits per heavy atom. The van der Waals surface area contributed by atoms with Gasteiger partial charge >= 0.3 is 0 Å². The number of amides is 1. The zero-order valence-corrected chi connectivity index (χ0v) is 24.2. The average Bonchev–Trinajstić information content (AvgIpc) is 3.32. The molecule has 5 fully saturated rings. The van der Waals surface area contributed by atoms with Gasteiger partial charge in [0, 0.05) is 11.6 Å². The fraction of sp³-hybridized carbons (Fsp3) is 0.788. The summed E-state index contributed by atoms with van der Waals surface area (Å²) in [5, 5.41) is 15.0. The van der Waals surface area contributed by atoms with Crippen molar-refractivity contribution in [3.8, 4) is 0 Å². The van der Waals surface area contributed by atoms with Crippen molar-refractivity contribution in [1.29, 1.82) is 0 Å². The highest BCUT2D eigenvalue weighted by Crippen LogP contribution is 2.72. The fourth-order valence-electron chi connectivity index (χ4n) is 11.6. The molecule has 0 aromatic heterocycles. The van der Waals surface area contributed by atoms with Crippen LogP contribution in [0.3, 0.4) is 0 Å².